The monoisotopic (exact) mass is 373 g/mol. The Balaban J connectivity index is 1.57. The lowest BCUT2D eigenvalue weighted by molar-refractivity contribution is 0.174. The highest BCUT2D eigenvalue weighted by Gasteiger charge is 2.16. The maximum absolute atomic E-state index is 5.81. The zero-order chi connectivity index (χ0) is 19.1. The number of hydrogen-bond donors (Lipinski definition) is 0. The van der Waals surface area contributed by atoms with E-state index in [9.17, 15) is 0 Å². The van der Waals surface area contributed by atoms with E-state index >= 15 is 0 Å². The first-order chi connectivity index (χ1) is 13.7. The van der Waals surface area contributed by atoms with Crippen LogP contribution in [0, 0.1) is 0 Å². The summed E-state index contributed by atoms with van der Waals surface area (Å²) < 4.78 is 18.8. The molecule has 6 heteroatoms. The predicted molar refractivity (Wildman–Crippen MR) is 106 cm³/mol. The van der Waals surface area contributed by atoms with Crippen molar-refractivity contribution in [1.29, 1.82) is 0 Å². The van der Waals surface area contributed by atoms with Crippen molar-refractivity contribution in [2.45, 2.75) is 20.0 Å². The van der Waals surface area contributed by atoms with Crippen molar-refractivity contribution in [2.24, 2.45) is 0 Å². The van der Waals surface area contributed by atoms with Crippen LogP contribution in [0.2, 0.25) is 0 Å². The topological polar surface area (TPSA) is 57.9 Å². The summed E-state index contributed by atoms with van der Waals surface area (Å²) in [7, 11) is 0. The molecule has 1 aliphatic heterocycles. The quantitative estimate of drug-likeness (QED) is 0.524. The summed E-state index contributed by atoms with van der Waals surface area (Å²) in [5.74, 6) is 2.35. The zero-order valence-electron chi connectivity index (χ0n) is 15.6. The van der Waals surface area contributed by atoms with Crippen molar-refractivity contribution >= 4 is 5.65 Å². The molecule has 0 saturated heterocycles. The van der Waals surface area contributed by atoms with Crippen LogP contribution >= 0.6 is 0 Å². The van der Waals surface area contributed by atoms with Crippen molar-refractivity contribution in [3.8, 4) is 39.8 Å². The van der Waals surface area contributed by atoms with E-state index in [1.807, 2.05) is 73.1 Å². The van der Waals surface area contributed by atoms with Crippen LogP contribution in [-0.2, 0) is 0 Å². The predicted octanol–water partition coefficient (Wildman–Crippen LogP) is 4.58. The Morgan fingerprint density at radius 2 is 1.86 bits per heavy atom. The molecular weight excluding hydrogens is 354 g/mol. The molecule has 0 radical (unpaired) electrons. The summed E-state index contributed by atoms with van der Waals surface area (Å²) in [6.45, 7) is 4.29. The number of fused-ring (bicyclic) bond motifs is 2. The molecule has 0 bridgehead atoms. The lowest BCUT2D eigenvalue weighted by Crippen LogP contribution is -2.05. The number of rotatable bonds is 4. The van der Waals surface area contributed by atoms with E-state index in [-0.39, 0.29) is 12.9 Å². The van der Waals surface area contributed by atoms with Crippen LogP contribution in [0.3, 0.4) is 0 Å². The molecule has 0 aliphatic carbocycles. The number of aromatic nitrogens is 3. The summed E-state index contributed by atoms with van der Waals surface area (Å²) in [5, 5.41) is 0. The van der Waals surface area contributed by atoms with Crippen LogP contribution in [0.1, 0.15) is 13.8 Å². The number of nitrogens with zero attached hydrogens (tertiary/aromatic N) is 3. The van der Waals surface area contributed by atoms with Crippen molar-refractivity contribution in [3.05, 3.63) is 61.1 Å². The van der Waals surface area contributed by atoms with E-state index in [4.69, 9.17) is 14.2 Å². The first kappa shape index (κ1) is 16.6. The van der Waals surface area contributed by atoms with Gasteiger partial charge in [0.1, 0.15) is 5.75 Å². The fourth-order valence-corrected chi connectivity index (χ4v) is 3.31. The minimum atomic E-state index is 0.122. The van der Waals surface area contributed by atoms with Crippen LogP contribution in [0.15, 0.2) is 61.1 Å². The Kier molecular flexibility index (Phi) is 3.90. The molecule has 0 atom stereocenters. The van der Waals surface area contributed by atoms with Gasteiger partial charge in [-0.2, -0.15) is 0 Å². The van der Waals surface area contributed by atoms with Crippen LogP contribution in [0.5, 0.6) is 17.2 Å². The molecule has 4 aromatic rings. The van der Waals surface area contributed by atoms with Gasteiger partial charge in [0, 0.05) is 17.3 Å². The first-order valence-electron chi connectivity index (χ1n) is 9.17. The summed E-state index contributed by atoms with van der Waals surface area (Å²) in [5.41, 5.74) is 4.59. The van der Waals surface area contributed by atoms with Crippen molar-refractivity contribution in [2.75, 3.05) is 6.79 Å². The van der Waals surface area contributed by atoms with E-state index in [2.05, 4.69) is 9.97 Å². The van der Waals surface area contributed by atoms with Gasteiger partial charge in [-0.05, 0) is 44.2 Å². The van der Waals surface area contributed by atoms with Crippen molar-refractivity contribution in [3.63, 3.8) is 0 Å². The average Bonchev–Trinajstić information content (AvgIpc) is 3.33. The van der Waals surface area contributed by atoms with Gasteiger partial charge in [0.05, 0.1) is 29.9 Å². The molecule has 28 heavy (non-hydrogen) atoms. The molecule has 0 saturated carbocycles. The fraction of sp³-hybridized carbons (Fsp3) is 0.182. The molecule has 0 fully saturated rings. The van der Waals surface area contributed by atoms with Gasteiger partial charge in [0.15, 0.2) is 17.1 Å². The maximum atomic E-state index is 5.81. The second-order valence-corrected chi connectivity index (χ2v) is 6.91. The summed E-state index contributed by atoms with van der Waals surface area (Å²) in [6.07, 6.45) is 5.74. The van der Waals surface area contributed by atoms with E-state index in [1.54, 1.807) is 6.20 Å². The van der Waals surface area contributed by atoms with Crippen LogP contribution < -0.4 is 14.2 Å². The molecule has 5 rings (SSSR count). The highest BCUT2D eigenvalue weighted by atomic mass is 16.7. The second kappa shape index (κ2) is 6.56. The molecule has 1 aliphatic rings. The Morgan fingerprint density at radius 1 is 0.964 bits per heavy atom. The minimum Gasteiger partial charge on any atom is -0.491 e. The SMILES string of the molecule is CC(C)Oc1cccc(-c2cn3c(-c4ccc5c(c4)OCO5)cnc3cn2)c1. The largest absolute Gasteiger partial charge is 0.491 e. The van der Waals surface area contributed by atoms with Gasteiger partial charge < -0.3 is 14.2 Å². The molecule has 0 amide bonds. The van der Waals surface area contributed by atoms with Gasteiger partial charge in [-0.25, -0.2) is 4.98 Å². The molecule has 0 unspecified atom stereocenters. The smallest absolute Gasteiger partial charge is 0.231 e. The maximum Gasteiger partial charge on any atom is 0.231 e. The fourth-order valence-electron chi connectivity index (χ4n) is 3.31. The molecule has 3 heterocycles. The number of ether oxygens (including phenoxy) is 3. The van der Waals surface area contributed by atoms with Crippen molar-refractivity contribution in [1.82, 2.24) is 14.4 Å². The highest BCUT2D eigenvalue weighted by Crippen LogP contribution is 2.36. The Bertz CT molecular complexity index is 1170. The Morgan fingerprint density at radius 3 is 2.75 bits per heavy atom. The van der Waals surface area contributed by atoms with Crippen LogP contribution in [0.4, 0.5) is 0 Å². The summed E-state index contributed by atoms with van der Waals surface area (Å²) >= 11 is 0. The molecule has 0 spiro atoms. The minimum absolute atomic E-state index is 0.122. The van der Waals surface area contributed by atoms with Gasteiger partial charge in [-0.3, -0.25) is 9.38 Å². The third kappa shape index (κ3) is 2.93. The molecular formula is C22H19N3O3. The summed E-state index contributed by atoms with van der Waals surface area (Å²) in [4.78, 5) is 9.06. The molecule has 2 aromatic heterocycles. The molecule has 2 aromatic carbocycles. The van der Waals surface area contributed by atoms with Gasteiger partial charge in [-0.15, -0.1) is 0 Å². The van der Waals surface area contributed by atoms with E-state index in [1.165, 1.54) is 0 Å². The third-order valence-electron chi connectivity index (χ3n) is 4.57. The molecule has 6 nitrogen and oxygen atoms in total. The molecule has 140 valence electrons. The van der Waals surface area contributed by atoms with E-state index in [0.29, 0.717) is 0 Å². The van der Waals surface area contributed by atoms with Crippen LogP contribution in [-0.4, -0.2) is 27.3 Å². The lowest BCUT2D eigenvalue weighted by atomic mass is 10.1. The highest BCUT2D eigenvalue weighted by molar-refractivity contribution is 5.69. The van der Waals surface area contributed by atoms with Crippen LogP contribution in [0.25, 0.3) is 28.2 Å². The van der Waals surface area contributed by atoms with E-state index < -0.39 is 0 Å². The van der Waals surface area contributed by atoms with Gasteiger partial charge in [-0.1, -0.05) is 12.1 Å². The lowest BCUT2D eigenvalue weighted by Gasteiger charge is -2.11. The number of hydrogen-bond acceptors (Lipinski definition) is 5. The first-order valence-corrected chi connectivity index (χ1v) is 9.17. The number of imidazole rings is 1. The van der Waals surface area contributed by atoms with Gasteiger partial charge in [0.2, 0.25) is 6.79 Å². The molecule has 0 N–H and O–H groups in total. The normalized spacial score (nSPS) is 12.7. The van der Waals surface area contributed by atoms with Crippen molar-refractivity contribution < 1.29 is 14.2 Å². The standard InChI is InChI=1S/C22H19N3O3/c1-14(2)28-17-5-3-4-15(8-17)18-12-25-19(10-24-22(25)11-23-18)16-6-7-20-21(9-16)27-13-26-20/h3-12,14H,13H2,1-2H3. The second-order valence-electron chi connectivity index (χ2n) is 6.91. The Hall–Kier alpha value is -3.54. The third-order valence-corrected chi connectivity index (χ3v) is 4.57. The average molecular weight is 373 g/mol. The van der Waals surface area contributed by atoms with Gasteiger partial charge >= 0.3 is 0 Å². The zero-order valence-corrected chi connectivity index (χ0v) is 15.6. The summed E-state index contributed by atoms with van der Waals surface area (Å²) in [6, 6.07) is 13.9. The Labute approximate surface area is 162 Å². The number of benzene rings is 2. The van der Waals surface area contributed by atoms with Gasteiger partial charge in [0.25, 0.3) is 0 Å². The van der Waals surface area contributed by atoms with E-state index in [0.717, 1.165) is 45.4 Å².